The van der Waals surface area contributed by atoms with E-state index in [4.69, 9.17) is 16.7 Å². The van der Waals surface area contributed by atoms with Gasteiger partial charge in [-0.25, -0.2) is 14.2 Å². The summed E-state index contributed by atoms with van der Waals surface area (Å²) in [4.78, 5) is 26.3. The molecule has 1 aromatic heterocycles. The van der Waals surface area contributed by atoms with Crippen LogP contribution in [0.1, 0.15) is 36.0 Å². The molecule has 1 aromatic rings. The van der Waals surface area contributed by atoms with Gasteiger partial charge in [-0.05, 0) is 43.6 Å². The van der Waals surface area contributed by atoms with E-state index in [0.717, 1.165) is 31.7 Å². The predicted molar refractivity (Wildman–Crippen MR) is 80.1 cm³/mol. The highest BCUT2D eigenvalue weighted by atomic mass is 35.5. The van der Waals surface area contributed by atoms with Crippen LogP contribution in [0.3, 0.4) is 0 Å². The van der Waals surface area contributed by atoms with Crippen LogP contribution in [0.4, 0.5) is 10.2 Å². The summed E-state index contributed by atoms with van der Waals surface area (Å²) in [6.07, 6.45) is 3.53. The van der Waals surface area contributed by atoms with Crippen molar-refractivity contribution in [3.63, 3.8) is 0 Å². The van der Waals surface area contributed by atoms with Crippen LogP contribution in [0.2, 0.25) is 5.15 Å². The van der Waals surface area contributed by atoms with E-state index < -0.39 is 35.3 Å². The highest BCUT2D eigenvalue weighted by Crippen LogP contribution is 2.46. The van der Waals surface area contributed by atoms with Crippen molar-refractivity contribution in [3.8, 4) is 0 Å². The Hall–Kier alpha value is -1.89. The average molecular weight is 343 g/mol. The number of carboxylic acids is 2. The van der Waals surface area contributed by atoms with Gasteiger partial charge in [-0.3, -0.25) is 4.79 Å². The van der Waals surface area contributed by atoms with E-state index in [2.05, 4.69) is 10.3 Å². The van der Waals surface area contributed by atoms with Crippen molar-refractivity contribution in [1.29, 1.82) is 0 Å². The normalized spacial score (nSPS) is 29.3. The first-order valence-corrected chi connectivity index (χ1v) is 7.85. The minimum Gasteiger partial charge on any atom is -0.481 e. The molecule has 3 fully saturated rings. The average Bonchev–Trinajstić information content (AvgIpc) is 2.51. The highest BCUT2D eigenvalue weighted by Gasteiger charge is 2.47. The number of rotatable bonds is 4. The van der Waals surface area contributed by atoms with Crippen LogP contribution < -0.4 is 5.32 Å². The standard InChI is InChI=1S/C15H16ClFN2O4/c16-12-8(14(20)21)5-9(17)13(19-12)18-11-7-3-1-6(2-4-7)10(11)15(22)23/h5-7,10-11H,1-4H2,(H,18,19)(H,20,21)(H,22,23)/t6?,7?,10-,11-/m0/s1. The minimum atomic E-state index is -1.37. The van der Waals surface area contributed by atoms with E-state index in [9.17, 15) is 19.1 Å². The SMILES string of the molecule is O=C(O)c1cc(F)c(N[C@H]2C3CCC(CC3)[C@@H]2C(=O)O)nc1Cl. The lowest BCUT2D eigenvalue weighted by atomic mass is 9.61. The van der Waals surface area contributed by atoms with Crippen LogP contribution in [0.25, 0.3) is 0 Å². The zero-order valence-corrected chi connectivity index (χ0v) is 12.9. The molecule has 3 aliphatic carbocycles. The Morgan fingerprint density at radius 3 is 2.39 bits per heavy atom. The summed E-state index contributed by atoms with van der Waals surface area (Å²) in [7, 11) is 0. The van der Waals surface area contributed by atoms with Crippen LogP contribution in [-0.2, 0) is 4.79 Å². The number of aromatic nitrogens is 1. The van der Waals surface area contributed by atoms with E-state index in [-0.39, 0.29) is 22.8 Å². The molecule has 23 heavy (non-hydrogen) atoms. The molecule has 0 aromatic carbocycles. The fourth-order valence-corrected chi connectivity index (χ4v) is 4.11. The molecule has 3 N–H and O–H groups in total. The lowest BCUT2D eigenvalue weighted by molar-refractivity contribution is -0.148. The molecule has 124 valence electrons. The summed E-state index contributed by atoms with van der Waals surface area (Å²) < 4.78 is 14.1. The highest BCUT2D eigenvalue weighted by molar-refractivity contribution is 6.32. The predicted octanol–water partition coefficient (Wildman–Crippen LogP) is 2.87. The van der Waals surface area contributed by atoms with Crippen LogP contribution in [-0.4, -0.2) is 33.2 Å². The molecule has 0 spiro atoms. The van der Waals surface area contributed by atoms with Crippen LogP contribution in [0.15, 0.2) is 6.07 Å². The molecule has 2 bridgehead atoms. The van der Waals surface area contributed by atoms with Gasteiger partial charge in [-0.1, -0.05) is 11.6 Å². The third-order valence-corrected chi connectivity index (χ3v) is 5.26. The number of carboxylic acid groups (broad SMARTS) is 2. The van der Waals surface area contributed by atoms with E-state index >= 15 is 0 Å². The van der Waals surface area contributed by atoms with Crippen molar-refractivity contribution in [2.45, 2.75) is 31.7 Å². The van der Waals surface area contributed by atoms with Crippen molar-refractivity contribution in [1.82, 2.24) is 4.98 Å². The first kappa shape index (κ1) is 16.0. The second-order valence-corrected chi connectivity index (χ2v) is 6.53. The van der Waals surface area contributed by atoms with Gasteiger partial charge in [0, 0.05) is 6.04 Å². The third kappa shape index (κ3) is 2.85. The number of aliphatic carboxylic acids is 1. The van der Waals surface area contributed by atoms with Gasteiger partial charge in [0.05, 0.1) is 11.5 Å². The summed E-state index contributed by atoms with van der Waals surface area (Å²) in [6, 6.07) is 0.380. The molecular weight excluding hydrogens is 327 g/mol. The van der Waals surface area contributed by atoms with E-state index in [1.807, 2.05) is 0 Å². The van der Waals surface area contributed by atoms with Crippen molar-refractivity contribution in [2.24, 2.45) is 17.8 Å². The van der Waals surface area contributed by atoms with Gasteiger partial charge in [-0.2, -0.15) is 0 Å². The third-order valence-electron chi connectivity index (χ3n) is 4.97. The lowest BCUT2D eigenvalue weighted by Crippen LogP contribution is -2.51. The van der Waals surface area contributed by atoms with Gasteiger partial charge in [0.25, 0.3) is 0 Å². The van der Waals surface area contributed by atoms with Gasteiger partial charge in [0.1, 0.15) is 5.15 Å². The zero-order valence-electron chi connectivity index (χ0n) is 12.1. The number of fused-ring (bicyclic) bond motifs is 3. The summed E-state index contributed by atoms with van der Waals surface area (Å²) in [5.74, 6) is -3.69. The fourth-order valence-electron chi connectivity index (χ4n) is 3.89. The topological polar surface area (TPSA) is 99.5 Å². The molecule has 3 saturated carbocycles. The van der Waals surface area contributed by atoms with Crippen LogP contribution in [0, 0.1) is 23.6 Å². The summed E-state index contributed by atoms with van der Waals surface area (Å²) in [6.45, 7) is 0. The van der Waals surface area contributed by atoms with Gasteiger partial charge in [0.15, 0.2) is 11.6 Å². The number of aromatic carboxylic acids is 1. The van der Waals surface area contributed by atoms with Crippen molar-refractivity contribution < 1.29 is 24.2 Å². The Bertz CT molecular complexity index is 661. The number of halogens is 2. The number of nitrogens with one attached hydrogen (secondary N) is 1. The monoisotopic (exact) mass is 342 g/mol. The molecule has 4 rings (SSSR count). The minimum absolute atomic E-state index is 0.0758. The second kappa shape index (κ2) is 5.96. The molecule has 1 heterocycles. The molecule has 0 radical (unpaired) electrons. The first-order chi connectivity index (χ1) is 10.9. The van der Waals surface area contributed by atoms with E-state index in [0.29, 0.717) is 0 Å². The molecule has 0 amide bonds. The van der Waals surface area contributed by atoms with Crippen molar-refractivity contribution in [3.05, 3.63) is 22.6 Å². The lowest BCUT2D eigenvalue weighted by Gasteiger charge is -2.47. The summed E-state index contributed by atoms with van der Waals surface area (Å²) in [5, 5.41) is 21.0. The van der Waals surface area contributed by atoms with Crippen molar-refractivity contribution in [2.75, 3.05) is 5.32 Å². The Morgan fingerprint density at radius 1 is 1.22 bits per heavy atom. The maximum absolute atomic E-state index is 14.1. The largest absolute Gasteiger partial charge is 0.481 e. The maximum atomic E-state index is 14.1. The number of hydrogen-bond donors (Lipinski definition) is 3. The second-order valence-electron chi connectivity index (χ2n) is 6.17. The Kier molecular flexibility index (Phi) is 4.14. The van der Waals surface area contributed by atoms with E-state index in [1.165, 1.54) is 0 Å². The van der Waals surface area contributed by atoms with Gasteiger partial charge in [-0.15, -0.1) is 0 Å². The van der Waals surface area contributed by atoms with Gasteiger partial charge >= 0.3 is 11.9 Å². The molecule has 8 heteroatoms. The number of hydrogen-bond acceptors (Lipinski definition) is 4. The quantitative estimate of drug-likeness (QED) is 0.727. The molecule has 3 aliphatic rings. The van der Waals surface area contributed by atoms with Crippen molar-refractivity contribution >= 4 is 29.4 Å². The number of nitrogens with zero attached hydrogens (tertiary/aromatic N) is 1. The summed E-state index contributed by atoms with van der Waals surface area (Å²) >= 11 is 5.78. The van der Waals surface area contributed by atoms with Gasteiger partial charge in [0.2, 0.25) is 0 Å². The molecule has 2 atom stereocenters. The smallest absolute Gasteiger partial charge is 0.338 e. The molecule has 0 saturated heterocycles. The fraction of sp³-hybridized carbons (Fsp3) is 0.533. The van der Waals surface area contributed by atoms with Crippen LogP contribution >= 0.6 is 11.6 Å². The Morgan fingerprint density at radius 2 is 1.83 bits per heavy atom. The Labute approximate surface area is 136 Å². The van der Waals surface area contributed by atoms with Crippen LogP contribution in [0.5, 0.6) is 0 Å². The zero-order chi connectivity index (χ0) is 16.7. The summed E-state index contributed by atoms with van der Waals surface area (Å²) in [5.41, 5.74) is -0.422. The molecular formula is C15H16ClFN2O4. The molecule has 0 unspecified atom stereocenters. The Balaban J connectivity index is 1.90. The number of pyridine rings is 1. The number of anilines is 1. The number of carbonyl (C=O) groups is 2. The molecule has 6 nitrogen and oxygen atoms in total. The molecule has 0 aliphatic heterocycles. The van der Waals surface area contributed by atoms with E-state index in [1.54, 1.807) is 0 Å². The first-order valence-electron chi connectivity index (χ1n) is 7.47. The van der Waals surface area contributed by atoms with Gasteiger partial charge < -0.3 is 15.5 Å². The maximum Gasteiger partial charge on any atom is 0.338 e.